The molecule has 2 aromatic rings. The Balaban J connectivity index is 1.49. The van der Waals surface area contributed by atoms with E-state index < -0.39 is 0 Å². The number of carbonyl (C=O) groups excluding carboxylic acids is 1. The Morgan fingerprint density at radius 1 is 1.19 bits per heavy atom. The molecule has 0 unspecified atom stereocenters. The van der Waals surface area contributed by atoms with E-state index >= 15 is 0 Å². The van der Waals surface area contributed by atoms with Crippen LogP contribution in [0.25, 0.3) is 0 Å². The van der Waals surface area contributed by atoms with Crippen molar-refractivity contribution in [3.05, 3.63) is 53.5 Å². The van der Waals surface area contributed by atoms with Crippen LogP contribution in [0.4, 0.5) is 0 Å². The van der Waals surface area contributed by atoms with Crippen molar-refractivity contribution in [2.75, 3.05) is 19.6 Å². The van der Waals surface area contributed by atoms with E-state index in [-0.39, 0.29) is 12.0 Å². The molecule has 0 spiro atoms. The summed E-state index contributed by atoms with van der Waals surface area (Å²) in [6.07, 6.45) is 2.30. The van der Waals surface area contributed by atoms with Crippen molar-refractivity contribution >= 4 is 5.91 Å². The molecule has 1 aromatic carbocycles. The zero-order chi connectivity index (χ0) is 18.8. The summed E-state index contributed by atoms with van der Waals surface area (Å²) in [5.74, 6) is 3.41. The second kappa shape index (κ2) is 7.77. The van der Waals surface area contributed by atoms with E-state index in [1.807, 2.05) is 36.1 Å². The van der Waals surface area contributed by atoms with E-state index in [1.54, 1.807) is 6.92 Å². The summed E-state index contributed by atoms with van der Waals surface area (Å²) in [5, 5.41) is 0. The number of likely N-dealkylation sites (tertiary alicyclic amines) is 1. The van der Waals surface area contributed by atoms with Crippen LogP contribution < -0.4 is 4.74 Å². The van der Waals surface area contributed by atoms with Gasteiger partial charge in [-0.3, -0.25) is 9.69 Å². The van der Waals surface area contributed by atoms with Gasteiger partial charge in [-0.25, -0.2) is 0 Å². The molecule has 144 valence electrons. The molecule has 1 aromatic heterocycles. The van der Waals surface area contributed by atoms with Crippen LogP contribution in [0.5, 0.6) is 5.75 Å². The summed E-state index contributed by atoms with van der Waals surface area (Å²) >= 11 is 0. The lowest BCUT2D eigenvalue weighted by Crippen LogP contribution is -2.46. The fourth-order valence-electron chi connectivity index (χ4n) is 4.25. The fraction of sp³-hybridized carbons (Fsp3) is 0.500. The number of nitrogens with zero attached hydrogens (tertiary/aromatic N) is 2. The molecule has 0 N–H and O–H groups in total. The van der Waals surface area contributed by atoms with Crippen LogP contribution in [0.2, 0.25) is 0 Å². The van der Waals surface area contributed by atoms with Gasteiger partial charge in [0.1, 0.15) is 23.4 Å². The topological polar surface area (TPSA) is 45.9 Å². The minimum atomic E-state index is 0.0266. The maximum atomic E-state index is 12.1. The van der Waals surface area contributed by atoms with Crippen molar-refractivity contribution in [3.63, 3.8) is 0 Å². The van der Waals surface area contributed by atoms with Crippen LogP contribution >= 0.6 is 0 Å². The Morgan fingerprint density at radius 3 is 2.81 bits per heavy atom. The summed E-state index contributed by atoms with van der Waals surface area (Å²) < 4.78 is 12.2. The number of benzene rings is 1. The number of ether oxygens (including phenoxy) is 1. The van der Waals surface area contributed by atoms with Crippen molar-refractivity contribution in [1.82, 2.24) is 9.80 Å². The first kappa shape index (κ1) is 18.1. The maximum absolute atomic E-state index is 12.1. The lowest BCUT2D eigenvalue weighted by molar-refractivity contribution is -0.130. The molecule has 2 aliphatic heterocycles. The van der Waals surface area contributed by atoms with Crippen LogP contribution in [0.15, 0.2) is 40.8 Å². The predicted octanol–water partition coefficient (Wildman–Crippen LogP) is 3.61. The van der Waals surface area contributed by atoms with E-state index in [0.717, 1.165) is 55.3 Å². The second-order valence-corrected chi connectivity index (χ2v) is 7.81. The number of aryl methyl sites for hydroxylation is 1. The zero-order valence-corrected chi connectivity index (χ0v) is 16.2. The van der Waals surface area contributed by atoms with Crippen molar-refractivity contribution < 1.29 is 13.9 Å². The van der Waals surface area contributed by atoms with Gasteiger partial charge >= 0.3 is 0 Å². The molecule has 0 bridgehead atoms. The molecule has 0 radical (unpaired) electrons. The smallest absolute Gasteiger partial charge is 0.219 e. The van der Waals surface area contributed by atoms with Crippen molar-refractivity contribution in [2.45, 2.75) is 45.9 Å². The second-order valence-electron chi connectivity index (χ2n) is 7.81. The molecule has 1 fully saturated rings. The molecule has 0 aliphatic carbocycles. The third-order valence-electron chi connectivity index (χ3n) is 5.70. The molecule has 1 amide bonds. The molecular weight excluding hydrogens is 340 g/mol. The van der Waals surface area contributed by atoms with Gasteiger partial charge in [0.2, 0.25) is 5.91 Å². The number of piperidine rings is 1. The molecule has 27 heavy (non-hydrogen) atoms. The number of carbonyl (C=O) groups is 1. The van der Waals surface area contributed by atoms with Gasteiger partial charge in [0.25, 0.3) is 0 Å². The molecule has 1 saturated heterocycles. The fourth-order valence-corrected chi connectivity index (χ4v) is 4.25. The van der Waals surface area contributed by atoms with Gasteiger partial charge in [0.05, 0.1) is 13.1 Å². The number of hydrogen-bond acceptors (Lipinski definition) is 4. The first-order chi connectivity index (χ1) is 13.1. The lowest BCUT2D eigenvalue weighted by Gasteiger charge is -2.37. The molecule has 5 heteroatoms. The van der Waals surface area contributed by atoms with Gasteiger partial charge in [0, 0.05) is 31.5 Å². The van der Waals surface area contributed by atoms with E-state index in [2.05, 4.69) is 17.0 Å². The minimum absolute atomic E-state index is 0.0266. The monoisotopic (exact) mass is 368 g/mol. The van der Waals surface area contributed by atoms with Gasteiger partial charge in [0.15, 0.2) is 0 Å². The Morgan fingerprint density at radius 2 is 2.04 bits per heavy atom. The summed E-state index contributed by atoms with van der Waals surface area (Å²) in [5.41, 5.74) is 1.09. The number of furan rings is 1. The Kier molecular flexibility index (Phi) is 5.21. The highest BCUT2D eigenvalue weighted by Gasteiger charge is 2.33. The minimum Gasteiger partial charge on any atom is -0.488 e. The first-order valence-corrected chi connectivity index (χ1v) is 9.86. The third kappa shape index (κ3) is 4.19. The summed E-state index contributed by atoms with van der Waals surface area (Å²) in [6, 6.07) is 12.2. The number of hydrogen-bond donors (Lipinski definition) is 0. The van der Waals surface area contributed by atoms with E-state index in [0.29, 0.717) is 19.0 Å². The van der Waals surface area contributed by atoms with E-state index in [1.165, 1.54) is 0 Å². The van der Waals surface area contributed by atoms with Crippen molar-refractivity contribution in [3.8, 4) is 5.75 Å². The highest BCUT2D eigenvalue weighted by atomic mass is 16.5. The molecule has 2 atom stereocenters. The third-order valence-corrected chi connectivity index (χ3v) is 5.70. The summed E-state index contributed by atoms with van der Waals surface area (Å²) in [7, 11) is 0. The van der Waals surface area contributed by atoms with Crippen LogP contribution in [0.3, 0.4) is 0 Å². The van der Waals surface area contributed by atoms with Crippen LogP contribution in [-0.4, -0.2) is 41.4 Å². The number of rotatable bonds is 3. The van der Waals surface area contributed by atoms with Gasteiger partial charge in [-0.15, -0.1) is 0 Å². The number of fused-ring (bicyclic) bond motifs is 1. The van der Waals surface area contributed by atoms with Crippen LogP contribution in [-0.2, 0) is 17.9 Å². The molecule has 3 heterocycles. The molecule has 5 nitrogen and oxygen atoms in total. The zero-order valence-electron chi connectivity index (χ0n) is 16.2. The van der Waals surface area contributed by atoms with E-state index in [9.17, 15) is 4.79 Å². The van der Waals surface area contributed by atoms with Crippen LogP contribution in [0.1, 0.15) is 36.8 Å². The standard InChI is InChI=1S/C22H28N2O3/c1-16-9-10-20(26-16)14-23-11-5-7-18(12-23)22-15-24(17(2)25)13-19-6-3-4-8-21(19)27-22/h3-4,6,8-10,18,22H,5,7,11-15H2,1-2H3/t18-,22+/m1/s1. The van der Waals surface area contributed by atoms with Crippen molar-refractivity contribution in [2.24, 2.45) is 5.92 Å². The average Bonchev–Trinajstić information content (AvgIpc) is 2.96. The van der Waals surface area contributed by atoms with E-state index in [4.69, 9.17) is 9.15 Å². The SMILES string of the molecule is CC(=O)N1Cc2ccccc2O[C@H]([C@@H]2CCCN(Cc3ccc(C)o3)C2)C1. The Bertz CT molecular complexity index is 800. The first-order valence-electron chi connectivity index (χ1n) is 9.86. The van der Waals surface area contributed by atoms with Crippen molar-refractivity contribution in [1.29, 1.82) is 0 Å². The van der Waals surface area contributed by atoms with Gasteiger partial charge in [-0.1, -0.05) is 18.2 Å². The number of para-hydroxylation sites is 1. The van der Waals surface area contributed by atoms with Gasteiger partial charge < -0.3 is 14.1 Å². The Hall–Kier alpha value is -2.27. The largest absolute Gasteiger partial charge is 0.488 e. The Labute approximate surface area is 160 Å². The van der Waals surface area contributed by atoms with Gasteiger partial charge in [-0.2, -0.15) is 0 Å². The molecule has 4 rings (SSSR count). The quantitative estimate of drug-likeness (QED) is 0.830. The molecular formula is C22H28N2O3. The summed E-state index contributed by atoms with van der Waals surface area (Å²) in [6.45, 7) is 7.80. The molecule has 0 saturated carbocycles. The van der Waals surface area contributed by atoms with Crippen LogP contribution in [0, 0.1) is 12.8 Å². The predicted molar refractivity (Wildman–Crippen MR) is 103 cm³/mol. The average molecular weight is 368 g/mol. The lowest BCUT2D eigenvalue weighted by atomic mass is 9.92. The normalized spacial score (nSPS) is 23.4. The highest BCUT2D eigenvalue weighted by molar-refractivity contribution is 5.73. The summed E-state index contributed by atoms with van der Waals surface area (Å²) in [4.78, 5) is 16.5. The van der Waals surface area contributed by atoms with Gasteiger partial charge in [-0.05, 0) is 44.5 Å². The molecule has 2 aliphatic rings. The highest BCUT2D eigenvalue weighted by Crippen LogP contribution is 2.31. The number of amides is 1. The maximum Gasteiger partial charge on any atom is 0.219 e.